The fourth-order valence-electron chi connectivity index (χ4n) is 4.82. The smallest absolute Gasteiger partial charge is 0.329 e. The minimum absolute atomic E-state index is 0.0508. The number of methoxy groups -OCH3 is 2. The van der Waals surface area contributed by atoms with E-state index in [9.17, 15) is 24.3 Å². The van der Waals surface area contributed by atoms with Crippen LogP contribution in [0.3, 0.4) is 0 Å². The van der Waals surface area contributed by atoms with E-state index in [0.29, 0.717) is 39.7 Å². The molecule has 2 aromatic rings. The molecule has 2 aromatic carbocycles. The lowest BCUT2D eigenvalue weighted by Gasteiger charge is -2.26. The van der Waals surface area contributed by atoms with Gasteiger partial charge >= 0.3 is 11.9 Å². The molecule has 16 heteroatoms. The van der Waals surface area contributed by atoms with E-state index in [1.54, 1.807) is 21.9 Å². The van der Waals surface area contributed by atoms with Crippen LogP contribution in [0.15, 0.2) is 49.1 Å². The molecule has 2 fully saturated rings. The monoisotopic (exact) mass is 804 g/mol. The van der Waals surface area contributed by atoms with Gasteiger partial charge in [-0.3, -0.25) is 14.4 Å². The van der Waals surface area contributed by atoms with Gasteiger partial charge in [0.1, 0.15) is 0 Å². The van der Waals surface area contributed by atoms with Gasteiger partial charge in [-0.25, -0.2) is 4.79 Å². The number of esters is 2. The van der Waals surface area contributed by atoms with Gasteiger partial charge in [-0.2, -0.15) is 0 Å². The summed E-state index contributed by atoms with van der Waals surface area (Å²) in [6, 6.07) is 10.3. The van der Waals surface area contributed by atoms with E-state index >= 15 is 0 Å². The summed E-state index contributed by atoms with van der Waals surface area (Å²) in [5, 5.41) is 23.4. The Morgan fingerprint density at radius 3 is 1.69 bits per heavy atom. The minimum atomic E-state index is -0.515. The first kappa shape index (κ1) is 45.2. The number of nitrogens with two attached hydrogens (primary N) is 1. The van der Waals surface area contributed by atoms with Crippen molar-refractivity contribution in [2.75, 3.05) is 34.0 Å². The van der Waals surface area contributed by atoms with Crippen molar-refractivity contribution in [2.45, 2.75) is 82.2 Å². The number of nitrogens with zero attached hydrogens (tertiary/aromatic N) is 2. The Hall–Kier alpha value is -2.94. The molecule has 0 radical (unpaired) electrons. The predicted molar refractivity (Wildman–Crippen MR) is 202 cm³/mol. The van der Waals surface area contributed by atoms with Crippen LogP contribution in [-0.2, 0) is 41.7 Å². The Bertz CT molecular complexity index is 1490. The second-order valence-electron chi connectivity index (χ2n) is 12.2. The van der Waals surface area contributed by atoms with Crippen molar-refractivity contribution >= 4 is 70.2 Å². The topological polar surface area (TPSA) is 172 Å². The highest BCUT2D eigenvalue weighted by Gasteiger charge is 2.34. The lowest BCUT2D eigenvalue weighted by Crippen LogP contribution is -2.41. The number of halogens is 4. The molecule has 52 heavy (non-hydrogen) atoms. The molecule has 0 unspecified atom stereocenters. The zero-order chi connectivity index (χ0) is 38.8. The number of amides is 2. The summed E-state index contributed by atoms with van der Waals surface area (Å²) in [5.74, 6) is -0.844. The van der Waals surface area contributed by atoms with Gasteiger partial charge < -0.3 is 40.5 Å². The summed E-state index contributed by atoms with van der Waals surface area (Å²) in [6.07, 6.45) is 5.51. The molecule has 0 spiro atoms. The standard InChI is InChI=1S/C18H24Cl2N2O4.C14H18Cl2N2O2.C4H6O2/c1-26-17(25)7-8-21-13(11-23)9-16(24)22(14-5-6-14)10-12-3-2-4-15(19)18(12)20;15-12-3-1-2-9(14(12)16)7-18(11-4-5-11)13(20)6-10(17)8-19;1-3-4(5)6-2/h2-4,13-14,21,23H,5-11H2,1H3;1-3,10-11,19H,4-8,17H2;3H,1H2,2H3/t13-;10-;/m00./s1. The molecule has 12 nitrogen and oxygen atoms in total. The second kappa shape index (κ2) is 23.7. The van der Waals surface area contributed by atoms with Gasteiger partial charge in [0, 0.05) is 62.7 Å². The normalized spacial score (nSPS) is 14.3. The Balaban J connectivity index is 0.000000319. The predicted octanol–water partition coefficient (Wildman–Crippen LogP) is 4.93. The highest BCUT2D eigenvalue weighted by atomic mass is 35.5. The third-order valence-electron chi connectivity index (χ3n) is 8.03. The second-order valence-corrected chi connectivity index (χ2v) is 13.7. The summed E-state index contributed by atoms with van der Waals surface area (Å²) in [5.41, 5.74) is 7.27. The van der Waals surface area contributed by atoms with E-state index in [2.05, 4.69) is 21.4 Å². The molecule has 5 N–H and O–H groups in total. The summed E-state index contributed by atoms with van der Waals surface area (Å²) in [7, 11) is 2.63. The van der Waals surface area contributed by atoms with Gasteiger partial charge in [-0.05, 0) is 48.9 Å². The van der Waals surface area contributed by atoms with Gasteiger partial charge in [-0.15, -0.1) is 0 Å². The fourth-order valence-corrected chi connectivity index (χ4v) is 5.58. The molecule has 2 atom stereocenters. The van der Waals surface area contributed by atoms with E-state index in [1.165, 1.54) is 14.2 Å². The minimum Gasteiger partial charge on any atom is -0.469 e. The molecule has 0 aliphatic heterocycles. The van der Waals surface area contributed by atoms with Crippen molar-refractivity contribution in [3.8, 4) is 0 Å². The van der Waals surface area contributed by atoms with E-state index in [1.807, 2.05) is 24.3 Å². The summed E-state index contributed by atoms with van der Waals surface area (Å²) in [4.78, 5) is 49.6. The van der Waals surface area contributed by atoms with E-state index < -0.39 is 18.1 Å². The van der Waals surface area contributed by atoms with E-state index in [-0.39, 0.29) is 62.3 Å². The average molecular weight is 807 g/mol. The van der Waals surface area contributed by atoms with Gasteiger partial charge in [0.05, 0.1) is 53.9 Å². The van der Waals surface area contributed by atoms with Crippen LogP contribution < -0.4 is 11.1 Å². The van der Waals surface area contributed by atoms with Crippen molar-refractivity contribution in [2.24, 2.45) is 5.73 Å². The highest BCUT2D eigenvalue weighted by molar-refractivity contribution is 6.43. The molecular formula is C36H48Cl4N4O8. The maximum absolute atomic E-state index is 12.8. The van der Waals surface area contributed by atoms with Crippen molar-refractivity contribution in [3.05, 3.63) is 80.3 Å². The Labute approximate surface area is 325 Å². The van der Waals surface area contributed by atoms with Crippen LogP contribution in [0, 0.1) is 0 Å². The van der Waals surface area contributed by atoms with Crippen LogP contribution in [0.2, 0.25) is 20.1 Å². The summed E-state index contributed by atoms with van der Waals surface area (Å²) in [6.45, 7) is 3.94. The van der Waals surface area contributed by atoms with Crippen LogP contribution in [0.4, 0.5) is 0 Å². The maximum Gasteiger partial charge on any atom is 0.329 e. The van der Waals surface area contributed by atoms with Gasteiger partial charge in [-0.1, -0.05) is 77.2 Å². The zero-order valence-electron chi connectivity index (χ0n) is 29.4. The van der Waals surface area contributed by atoms with Crippen LogP contribution in [0.1, 0.15) is 56.1 Å². The lowest BCUT2D eigenvalue weighted by molar-refractivity contribution is -0.140. The third-order valence-corrected chi connectivity index (χ3v) is 9.75. The zero-order valence-corrected chi connectivity index (χ0v) is 32.4. The number of aliphatic hydroxyl groups is 2. The molecule has 2 aliphatic carbocycles. The first-order valence-corrected chi connectivity index (χ1v) is 18.2. The number of ether oxygens (including phenoxy) is 2. The van der Waals surface area contributed by atoms with Crippen LogP contribution >= 0.6 is 46.4 Å². The Morgan fingerprint density at radius 2 is 1.33 bits per heavy atom. The number of carbonyl (C=O) groups is 4. The first-order chi connectivity index (χ1) is 24.8. The number of aliphatic hydroxyl groups excluding tert-OH is 2. The third kappa shape index (κ3) is 16.0. The SMILES string of the molecule is C=CC(=O)OC.COC(=O)CCN[C@H](CO)CC(=O)N(Cc1cccc(Cl)c1Cl)C1CC1.N[C@H](CO)CC(=O)N(Cc1cccc(Cl)c1Cl)C1CC1. The molecule has 0 heterocycles. The molecule has 288 valence electrons. The molecular weight excluding hydrogens is 758 g/mol. The quantitative estimate of drug-likeness (QED) is 0.127. The number of benzene rings is 2. The van der Waals surface area contributed by atoms with Crippen molar-refractivity contribution in [3.63, 3.8) is 0 Å². The Morgan fingerprint density at radius 1 is 0.846 bits per heavy atom. The van der Waals surface area contributed by atoms with Crippen LogP contribution in [0.25, 0.3) is 0 Å². The first-order valence-electron chi connectivity index (χ1n) is 16.7. The number of hydrogen-bond donors (Lipinski definition) is 4. The van der Waals surface area contributed by atoms with Crippen molar-refractivity contribution in [1.29, 1.82) is 0 Å². The summed E-state index contributed by atoms with van der Waals surface area (Å²) >= 11 is 24.5. The average Bonchev–Trinajstić information content (AvgIpc) is 4.08. The molecule has 2 amide bonds. The van der Waals surface area contributed by atoms with Crippen LogP contribution in [0.5, 0.6) is 0 Å². The number of carbonyl (C=O) groups excluding carboxylic acids is 4. The van der Waals surface area contributed by atoms with Crippen molar-refractivity contribution in [1.82, 2.24) is 15.1 Å². The lowest BCUT2D eigenvalue weighted by atomic mass is 10.1. The van der Waals surface area contributed by atoms with Crippen LogP contribution in [-0.4, -0.2) is 102 Å². The summed E-state index contributed by atoms with van der Waals surface area (Å²) < 4.78 is 8.71. The van der Waals surface area contributed by atoms with Crippen molar-refractivity contribution < 1.29 is 38.9 Å². The molecule has 0 bridgehead atoms. The molecule has 0 saturated heterocycles. The highest BCUT2D eigenvalue weighted by Crippen LogP contribution is 2.34. The number of rotatable bonds is 17. The van der Waals surface area contributed by atoms with Gasteiger partial charge in [0.15, 0.2) is 0 Å². The largest absolute Gasteiger partial charge is 0.469 e. The Kier molecular flexibility index (Phi) is 20.6. The van der Waals surface area contributed by atoms with E-state index in [0.717, 1.165) is 42.9 Å². The van der Waals surface area contributed by atoms with E-state index in [4.69, 9.17) is 57.2 Å². The fraction of sp³-hybridized carbons (Fsp3) is 0.500. The maximum atomic E-state index is 12.8. The molecule has 4 rings (SSSR count). The van der Waals surface area contributed by atoms with Gasteiger partial charge in [0.2, 0.25) is 11.8 Å². The number of nitrogens with one attached hydrogen (secondary N) is 1. The van der Waals surface area contributed by atoms with Gasteiger partial charge in [0.25, 0.3) is 0 Å². The number of hydrogen-bond acceptors (Lipinski definition) is 10. The molecule has 0 aromatic heterocycles. The molecule has 2 saturated carbocycles. The molecule has 2 aliphatic rings.